The number of rotatable bonds is 36. The highest BCUT2D eigenvalue weighted by atomic mass is 16.3. The Bertz CT molecular complexity index is 620. The molecule has 0 spiro atoms. The standard InChI is InChI=1S/C40H75NO3/c1-3-5-7-9-11-13-15-17-19-21-23-25-27-29-31-33-39(43)38(37-41-35-36-42)40(44)34-32-30-28-26-24-22-20-18-16-14-12-10-8-6-4-2/h17-20,38,41-42H,3-16,21-37H2,1-2H3/b19-17-,20-18-. The largest absolute Gasteiger partial charge is 0.395 e. The first-order chi connectivity index (χ1) is 21.7. The molecule has 0 aromatic heterocycles. The van der Waals surface area contributed by atoms with E-state index in [0.717, 1.165) is 51.4 Å². The Morgan fingerprint density at radius 3 is 1.16 bits per heavy atom. The Balaban J connectivity index is 3.92. The fraction of sp³-hybridized carbons (Fsp3) is 0.850. The molecular formula is C40H75NO3. The zero-order chi connectivity index (χ0) is 32.2. The highest BCUT2D eigenvalue weighted by Gasteiger charge is 2.24. The minimum absolute atomic E-state index is 0.0254. The molecular weight excluding hydrogens is 542 g/mol. The van der Waals surface area contributed by atoms with Gasteiger partial charge in [-0.3, -0.25) is 9.59 Å². The van der Waals surface area contributed by atoms with Gasteiger partial charge in [-0.1, -0.05) is 141 Å². The minimum atomic E-state index is -0.546. The Kier molecular flexibility index (Phi) is 35.2. The number of hydrogen-bond donors (Lipinski definition) is 2. The minimum Gasteiger partial charge on any atom is -0.395 e. The van der Waals surface area contributed by atoms with E-state index in [-0.39, 0.29) is 18.2 Å². The van der Waals surface area contributed by atoms with Crippen LogP contribution < -0.4 is 5.32 Å². The summed E-state index contributed by atoms with van der Waals surface area (Å²) < 4.78 is 0. The molecule has 0 radical (unpaired) electrons. The van der Waals surface area contributed by atoms with Gasteiger partial charge in [-0.05, 0) is 64.2 Å². The van der Waals surface area contributed by atoms with E-state index < -0.39 is 5.92 Å². The molecule has 0 aliphatic heterocycles. The van der Waals surface area contributed by atoms with E-state index in [9.17, 15) is 9.59 Å². The van der Waals surface area contributed by atoms with E-state index in [1.54, 1.807) is 0 Å². The molecule has 0 saturated heterocycles. The highest BCUT2D eigenvalue weighted by molar-refractivity contribution is 6.02. The van der Waals surface area contributed by atoms with Gasteiger partial charge in [0, 0.05) is 25.9 Å². The second kappa shape index (κ2) is 36.2. The van der Waals surface area contributed by atoms with Crippen molar-refractivity contribution in [1.29, 1.82) is 0 Å². The fourth-order valence-corrected chi connectivity index (χ4v) is 5.82. The molecule has 2 N–H and O–H groups in total. The summed E-state index contributed by atoms with van der Waals surface area (Å²) in [6, 6.07) is 0. The summed E-state index contributed by atoms with van der Waals surface area (Å²) in [6.07, 6.45) is 42.6. The van der Waals surface area contributed by atoms with Gasteiger partial charge >= 0.3 is 0 Å². The number of ketones is 2. The van der Waals surface area contributed by atoms with E-state index in [1.807, 2.05) is 0 Å². The summed E-state index contributed by atoms with van der Waals surface area (Å²) in [5, 5.41) is 12.2. The number of aliphatic hydroxyl groups is 1. The van der Waals surface area contributed by atoms with Crippen molar-refractivity contribution in [2.24, 2.45) is 5.92 Å². The van der Waals surface area contributed by atoms with Gasteiger partial charge in [0.1, 0.15) is 11.6 Å². The number of Topliss-reactive ketones (excluding diaryl/α,β-unsaturated/α-hetero) is 2. The molecule has 4 nitrogen and oxygen atoms in total. The number of aliphatic hydroxyl groups excluding tert-OH is 1. The smallest absolute Gasteiger partial charge is 0.144 e. The first-order valence-corrected chi connectivity index (χ1v) is 19.3. The maximum absolute atomic E-state index is 12.9. The number of unbranched alkanes of at least 4 members (excludes halogenated alkanes) is 22. The first-order valence-electron chi connectivity index (χ1n) is 19.3. The number of carbonyl (C=O) groups is 2. The van der Waals surface area contributed by atoms with Crippen LogP contribution in [0.4, 0.5) is 0 Å². The zero-order valence-corrected chi connectivity index (χ0v) is 29.6. The monoisotopic (exact) mass is 618 g/mol. The van der Waals surface area contributed by atoms with Gasteiger partial charge in [0.15, 0.2) is 0 Å². The lowest BCUT2D eigenvalue weighted by atomic mass is 9.91. The van der Waals surface area contributed by atoms with Crippen LogP contribution in [0.15, 0.2) is 24.3 Å². The number of carbonyl (C=O) groups excluding carboxylic acids is 2. The molecule has 0 unspecified atom stereocenters. The summed E-state index contributed by atoms with van der Waals surface area (Å²) in [4.78, 5) is 25.9. The van der Waals surface area contributed by atoms with Crippen molar-refractivity contribution in [3.8, 4) is 0 Å². The second-order valence-electron chi connectivity index (χ2n) is 13.1. The summed E-state index contributed by atoms with van der Waals surface area (Å²) in [5.41, 5.74) is 0. The third-order valence-electron chi connectivity index (χ3n) is 8.78. The van der Waals surface area contributed by atoms with Crippen LogP contribution in [0.2, 0.25) is 0 Å². The Morgan fingerprint density at radius 1 is 0.500 bits per heavy atom. The van der Waals surface area contributed by atoms with E-state index >= 15 is 0 Å². The lowest BCUT2D eigenvalue weighted by molar-refractivity contribution is -0.132. The SMILES string of the molecule is CCCCCCCC/C=C\CCCCCCCC(=O)C(CNCCO)C(=O)CCCCCCC/C=C\CCCCCCCC. The van der Waals surface area contributed by atoms with Crippen LogP contribution in [0.25, 0.3) is 0 Å². The maximum Gasteiger partial charge on any atom is 0.144 e. The molecule has 0 bridgehead atoms. The molecule has 4 heteroatoms. The lowest BCUT2D eigenvalue weighted by Gasteiger charge is -2.15. The fourth-order valence-electron chi connectivity index (χ4n) is 5.82. The molecule has 0 fully saturated rings. The average Bonchev–Trinajstić information content (AvgIpc) is 3.02. The molecule has 0 aromatic rings. The predicted octanol–water partition coefficient (Wildman–Crippen LogP) is 11.4. The van der Waals surface area contributed by atoms with Crippen molar-refractivity contribution >= 4 is 11.6 Å². The van der Waals surface area contributed by atoms with Crippen molar-refractivity contribution in [3.63, 3.8) is 0 Å². The molecule has 0 amide bonds. The van der Waals surface area contributed by atoms with E-state index in [1.165, 1.54) is 116 Å². The van der Waals surface area contributed by atoms with Crippen LogP contribution in [0.3, 0.4) is 0 Å². The van der Waals surface area contributed by atoms with Crippen LogP contribution >= 0.6 is 0 Å². The Hall–Kier alpha value is -1.26. The van der Waals surface area contributed by atoms with E-state index in [4.69, 9.17) is 5.11 Å². The van der Waals surface area contributed by atoms with Crippen LogP contribution in [0, 0.1) is 5.92 Å². The van der Waals surface area contributed by atoms with Crippen molar-refractivity contribution in [1.82, 2.24) is 5.32 Å². The molecule has 0 aromatic carbocycles. The van der Waals surface area contributed by atoms with Gasteiger partial charge in [-0.15, -0.1) is 0 Å². The highest BCUT2D eigenvalue weighted by Crippen LogP contribution is 2.16. The summed E-state index contributed by atoms with van der Waals surface area (Å²) in [5.74, 6) is -0.369. The van der Waals surface area contributed by atoms with E-state index in [0.29, 0.717) is 25.9 Å². The van der Waals surface area contributed by atoms with Gasteiger partial charge in [0.2, 0.25) is 0 Å². The molecule has 0 aliphatic rings. The summed E-state index contributed by atoms with van der Waals surface area (Å²) >= 11 is 0. The average molecular weight is 618 g/mol. The number of nitrogens with one attached hydrogen (secondary N) is 1. The number of hydrogen-bond acceptors (Lipinski definition) is 4. The molecule has 44 heavy (non-hydrogen) atoms. The third kappa shape index (κ3) is 30.8. The van der Waals surface area contributed by atoms with Crippen LogP contribution in [-0.4, -0.2) is 36.4 Å². The van der Waals surface area contributed by atoms with Crippen molar-refractivity contribution < 1.29 is 14.7 Å². The maximum atomic E-state index is 12.9. The normalized spacial score (nSPS) is 11.9. The van der Waals surface area contributed by atoms with Gasteiger partial charge < -0.3 is 10.4 Å². The molecule has 0 heterocycles. The Morgan fingerprint density at radius 2 is 0.818 bits per heavy atom. The third-order valence-corrected chi connectivity index (χ3v) is 8.78. The van der Waals surface area contributed by atoms with Gasteiger partial charge in [-0.2, -0.15) is 0 Å². The van der Waals surface area contributed by atoms with Gasteiger partial charge in [0.25, 0.3) is 0 Å². The topological polar surface area (TPSA) is 66.4 Å². The molecule has 0 rings (SSSR count). The molecule has 258 valence electrons. The summed E-state index contributed by atoms with van der Waals surface area (Å²) in [6.45, 7) is 5.35. The van der Waals surface area contributed by atoms with Crippen molar-refractivity contribution in [2.75, 3.05) is 19.7 Å². The molecule has 0 aliphatic carbocycles. The summed E-state index contributed by atoms with van der Waals surface area (Å²) in [7, 11) is 0. The second-order valence-corrected chi connectivity index (χ2v) is 13.1. The van der Waals surface area contributed by atoms with Crippen LogP contribution in [0.5, 0.6) is 0 Å². The van der Waals surface area contributed by atoms with Crippen LogP contribution in [-0.2, 0) is 9.59 Å². The van der Waals surface area contributed by atoms with Gasteiger partial charge in [-0.25, -0.2) is 0 Å². The predicted molar refractivity (Wildman–Crippen MR) is 192 cm³/mol. The zero-order valence-electron chi connectivity index (χ0n) is 29.6. The van der Waals surface area contributed by atoms with Crippen LogP contribution in [0.1, 0.15) is 194 Å². The lowest BCUT2D eigenvalue weighted by Crippen LogP contribution is -2.35. The van der Waals surface area contributed by atoms with Crippen molar-refractivity contribution in [2.45, 2.75) is 194 Å². The Labute approximate surface area is 274 Å². The molecule has 0 atom stereocenters. The first kappa shape index (κ1) is 42.7. The quantitative estimate of drug-likeness (QED) is 0.0417. The number of allylic oxidation sites excluding steroid dienone is 4. The molecule has 0 saturated carbocycles. The van der Waals surface area contributed by atoms with E-state index in [2.05, 4.69) is 43.5 Å². The van der Waals surface area contributed by atoms with Crippen molar-refractivity contribution in [3.05, 3.63) is 24.3 Å². The van der Waals surface area contributed by atoms with Gasteiger partial charge in [0.05, 0.1) is 12.5 Å².